The second kappa shape index (κ2) is 6.46. The average Bonchev–Trinajstić information content (AvgIpc) is 3.28. The fraction of sp³-hybridized carbons (Fsp3) is 0.625. The molecule has 0 aliphatic heterocycles. The van der Waals surface area contributed by atoms with Gasteiger partial charge in [-0.1, -0.05) is 26.0 Å². The molecule has 4 nitrogen and oxygen atoms in total. The van der Waals surface area contributed by atoms with Gasteiger partial charge in [-0.15, -0.1) is 0 Å². The average molecular weight is 310 g/mol. The zero-order valence-corrected chi connectivity index (χ0v) is 14.2. The van der Waals surface area contributed by atoms with Crippen molar-refractivity contribution in [2.45, 2.75) is 50.6 Å². The molecule has 0 saturated heterocycles. The molecule has 118 valence electrons. The van der Waals surface area contributed by atoms with E-state index in [1.807, 2.05) is 19.2 Å². The second-order valence-electron chi connectivity index (χ2n) is 6.28. The van der Waals surface area contributed by atoms with Gasteiger partial charge in [-0.25, -0.2) is 8.42 Å². The van der Waals surface area contributed by atoms with E-state index in [4.69, 9.17) is 0 Å². The first-order valence-corrected chi connectivity index (χ1v) is 9.09. The summed E-state index contributed by atoms with van der Waals surface area (Å²) in [4.78, 5) is 0.405. The van der Waals surface area contributed by atoms with Crippen molar-refractivity contribution in [3.8, 4) is 0 Å². The van der Waals surface area contributed by atoms with Crippen molar-refractivity contribution >= 4 is 10.0 Å². The van der Waals surface area contributed by atoms with Crippen LogP contribution in [-0.2, 0) is 10.0 Å². The van der Waals surface area contributed by atoms with Crippen LogP contribution in [-0.4, -0.2) is 32.4 Å². The topological polar surface area (TPSA) is 49.4 Å². The lowest BCUT2D eigenvalue weighted by atomic mass is 10.1. The summed E-state index contributed by atoms with van der Waals surface area (Å²) in [5, 5.41) is 3.16. The molecule has 1 saturated carbocycles. The number of nitrogens with zero attached hydrogens (tertiary/aromatic N) is 1. The summed E-state index contributed by atoms with van der Waals surface area (Å²) in [7, 11) is -1.47. The van der Waals surface area contributed by atoms with Gasteiger partial charge in [-0.3, -0.25) is 0 Å². The van der Waals surface area contributed by atoms with E-state index in [2.05, 4.69) is 26.1 Å². The molecule has 5 heteroatoms. The Morgan fingerprint density at radius 1 is 1.19 bits per heavy atom. The van der Waals surface area contributed by atoms with E-state index in [0.717, 1.165) is 18.4 Å². The van der Waals surface area contributed by atoms with E-state index in [1.54, 1.807) is 16.4 Å². The van der Waals surface area contributed by atoms with Crippen LogP contribution in [0.15, 0.2) is 29.2 Å². The van der Waals surface area contributed by atoms with Crippen molar-refractivity contribution in [1.82, 2.24) is 9.62 Å². The molecular weight excluding hydrogens is 284 g/mol. The molecule has 21 heavy (non-hydrogen) atoms. The van der Waals surface area contributed by atoms with Crippen molar-refractivity contribution in [1.29, 1.82) is 0 Å². The van der Waals surface area contributed by atoms with Crippen molar-refractivity contribution in [3.63, 3.8) is 0 Å². The molecule has 2 rings (SSSR count). The Labute approximate surface area is 128 Å². The molecule has 1 aliphatic rings. The van der Waals surface area contributed by atoms with Gasteiger partial charge < -0.3 is 5.32 Å². The van der Waals surface area contributed by atoms with Crippen molar-refractivity contribution in [2.75, 3.05) is 13.6 Å². The zero-order chi connectivity index (χ0) is 15.6. The first-order valence-electron chi connectivity index (χ1n) is 7.65. The van der Waals surface area contributed by atoms with E-state index < -0.39 is 10.0 Å². The first kappa shape index (κ1) is 16.5. The van der Waals surface area contributed by atoms with Gasteiger partial charge in [0.05, 0.1) is 4.90 Å². The monoisotopic (exact) mass is 310 g/mol. The Kier molecular flexibility index (Phi) is 5.07. The van der Waals surface area contributed by atoms with Gasteiger partial charge in [-0.05, 0) is 50.4 Å². The largest absolute Gasteiger partial charge is 0.313 e. The Bertz CT molecular complexity index is 562. The van der Waals surface area contributed by atoms with E-state index in [1.165, 1.54) is 0 Å². The lowest BCUT2D eigenvalue weighted by molar-refractivity contribution is 0.360. The standard InChI is InChI=1S/C16H26N2O2S/c1-12(2)11-18(15-7-8-15)21(19,20)16-9-5-14(6-10-16)13(3)17-4/h5-6,9-10,12-13,15,17H,7-8,11H2,1-4H3. The molecule has 0 spiro atoms. The van der Waals surface area contributed by atoms with E-state index >= 15 is 0 Å². The molecule has 1 unspecified atom stereocenters. The molecule has 0 amide bonds. The van der Waals surface area contributed by atoms with E-state index in [-0.39, 0.29) is 12.1 Å². The maximum Gasteiger partial charge on any atom is 0.243 e. The van der Waals surface area contributed by atoms with Gasteiger partial charge in [0.25, 0.3) is 0 Å². The fourth-order valence-corrected chi connectivity index (χ4v) is 4.24. The summed E-state index contributed by atoms with van der Waals surface area (Å²) < 4.78 is 27.3. The number of benzene rings is 1. The SMILES string of the molecule is CNC(C)c1ccc(S(=O)(=O)N(CC(C)C)C2CC2)cc1. The number of nitrogens with one attached hydrogen (secondary N) is 1. The molecular formula is C16H26N2O2S. The second-order valence-corrected chi connectivity index (χ2v) is 8.17. The summed E-state index contributed by atoms with van der Waals surface area (Å²) in [6, 6.07) is 7.68. The molecule has 1 N–H and O–H groups in total. The molecule has 1 aromatic rings. The molecule has 1 atom stereocenters. The lowest BCUT2D eigenvalue weighted by Gasteiger charge is -2.24. The molecule has 1 aliphatic carbocycles. The number of rotatable bonds is 7. The number of hydrogen-bond acceptors (Lipinski definition) is 3. The summed E-state index contributed by atoms with van der Waals surface area (Å²) in [6.45, 7) is 6.77. The predicted molar refractivity (Wildman–Crippen MR) is 85.7 cm³/mol. The highest BCUT2D eigenvalue weighted by Gasteiger charge is 2.38. The molecule has 1 aromatic carbocycles. The smallest absolute Gasteiger partial charge is 0.243 e. The summed E-state index contributed by atoms with van der Waals surface area (Å²) >= 11 is 0. The highest BCUT2D eigenvalue weighted by atomic mass is 32.2. The van der Waals surface area contributed by atoms with Crippen molar-refractivity contribution < 1.29 is 8.42 Å². The minimum atomic E-state index is -3.37. The van der Waals surface area contributed by atoms with Gasteiger partial charge in [-0.2, -0.15) is 4.31 Å². The first-order chi connectivity index (χ1) is 9.86. The Balaban J connectivity index is 2.25. The summed E-state index contributed by atoms with van der Waals surface area (Å²) in [6.07, 6.45) is 1.97. The molecule has 0 radical (unpaired) electrons. The minimum absolute atomic E-state index is 0.202. The van der Waals surface area contributed by atoms with Crippen LogP contribution < -0.4 is 5.32 Å². The van der Waals surface area contributed by atoms with Crippen LogP contribution in [0.2, 0.25) is 0 Å². The summed E-state index contributed by atoms with van der Waals surface area (Å²) in [5.74, 6) is 0.337. The summed E-state index contributed by atoms with van der Waals surface area (Å²) in [5.41, 5.74) is 1.10. The molecule has 1 fully saturated rings. The Hall–Kier alpha value is -0.910. The van der Waals surface area contributed by atoms with Gasteiger partial charge >= 0.3 is 0 Å². The van der Waals surface area contributed by atoms with Gasteiger partial charge in [0, 0.05) is 18.6 Å². The highest BCUT2D eigenvalue weighted by Crippen LogP contribution is 2.33. The van der Waals surface area contributed by atoms with E-state index in [0.29, 0.717) is 17.4 Å². The van der Waals surface area contributed by atoms with Crippen molar-refractivity contribution in [3.05, 3.63) is 29.8 Å². The Morgan fingerprint density at radius 3 is 2.19 bits per heavy atom. The maximum atomic E-state index is 12.8. The third kappa shape index (κ3) is 3.84. The van der Waals surface area contributed by atoms with Crippen LogP contribution in [0.4, 0.5) is 0 Å². The van der Waals surface area contributed by atoms with Gasteiger partial charge in [0.1, 0.15) is 0 Å². The third-order valence-corrected chi connectivity index (χ3v) is 5.85. The Morgan fingerprint density at radius 2 is 1.76 bits per heavy atom. The van der Waals surface area contributed by atoms with Crippen LogP contribution in [0.3, 0.4) is 0 Å². The highest BCUT2D eigenvalue weighted by molar-refractivity contribution is 7.89. The zero-order valence-electron chi connectivity index (χ0n) is 13.3. The third-order valence-electron chi connectivity index (χ3n) is 3.92. The van der Waals surface area contributed by atoms with Crippen LogP contribution in [0.5, 0.6) is 0 Å². The normalized spacial score (nSPS) is 17.4. The van der Waals surface area contributed by atoms with Crippen LogP contribution >= 0.6 is 0 Å². The van der Waals surface area contributed by atoms with Crippen molar-refractivity contribution in [2.24, 2.45) is 5.92 Å². The number of hydrogen-bond donors (Lipinski definition) is 1. The molecule has 0 bridgehead atoms. The predicted octanol–water partition coefficient (Wildman–Crippen LogP) is 2.78. The molecule has 0 heterocycles. The minimum Gasteiger partial charge on any atom is -0.313 e. The van der Waals surface area contributed by atoms with E-state index in [9.17, 15) is 8.42 Å². The van der Waals surface area contributed by atoms with Crippen LogP contribution in [0.25, 0.3) is 0 Å². The van der Waals surface area contributed by atoms with Crippen LogP contribution in [0, 0.1) is 5.92 Å². The van der Waals surface area contributed by atoms with Crippen LogP contribution in [0.1, 0.15) is 45.2 Å². The van der Waals surface area contributed by atoms with Gasteiger partial charge in [0.2, 0.25) is 10.0 Å². The van der Waals surface area contributed by atoms with Gasteiger partial charge in [0.15, 0.2) is 0 Å². The fourth-order valence-electron chi connectivity index (χ4n) is 2.40. The quantitative estimate of drug-likeness (QED) is 0.842. The molecule has 0 aromatic heterocycles. The maximum absolute atomic E-state index is 12.8. The lowest BCUT2D eigenvalue weighted by Crippen LogP contribution is -2.36. The number of sulfonamides is 1.